The van der Waals surface area contributed by atoms with E-state index in [4.69, 9.17) is 0 Å². The van der Waals surface area contributed by atoms with Crippen molar-refractivity contribution < 1.29 is 13.5 Å². The molecule has 4 rings (SSSR count). The number of hydrogen-bond acceptors (Lipinski definition) is 7. The molecule has 2 aromatic rings. The fourth-order valence-electron chi connectivity index (χ4n) is 4.51. The Hall–Kier alpha value is -2.67. The van der Waals surface area contributed by atoms with E-state index in [0.717, 1.165) is 36.5 Å². The number of aryl methyl sites for hydroxylation is 2. The van der Waals surface area contributed by atoms with Crippen LogP contribution in [0.4, 0.5) is 11.5 Å². The van der Waals surface area contributed by atoms with Crippen molar-refractivity contribution in [1.82, 2.24) is 9.88 Å². The predicted octanol–water partition coefficient (Wildman–Crippen LogP) is 2.31. The molecule has 1 atom stereocenters. The smallest absolute Gasteiger partial charge is 0.235 e. The number of anilines is 2. The average molecular weight is 456 g/mol. The summed E-state index contributed by atoms with van der Waals surface area (Å²) in [4.78, 5) is 8.72. The number of aliphatic hydroxyl groups is 1. The van der Waals surface area contributed by atoms with Crippen LogP contribution in [0.3, 0.4) is 0 Å². The molecule has 2 fully saturated rings. The van der Waals surface area contributed by atoms with Gasteiger partial charge in [0.05, 0.1) is 23.1 Å². The lowest BCUT2D eigenvalue weighted by Gasteiger charge is -2.38. The van der Waals surface area contributed by atoms with E-state index in [1.807, 2.05) is 18.0 Å². The third kappa shape index (κ3) is 4.44. The molecule has 0 amide bonds. The number of hydrogen-bond donors (Lipinski definition) is 1. The highest BCUT2D eigenvalue weighted by atomic mass is 32.2. The standard InChI is InChI=1S/C23H29N5O3S/c1-17-13-18(2)22(25-16-17)26-8-10-27(11-9-26)23(29)21-6-5-20(14-19(21)15-24)28-7-3-4-12-32(28,30)31/h5-6,13-14,16,23,29H,3-4,7-12H2,1-2H3. The van der Waals surface area contributed by atoms with E-state index < -0.39 is 16.3 Å². The number of rotatable bonds is 4. The lowest BCUT2D eigenvalue weighted by atomic mass is 10.0. The molecule has 0 spiro atoms. The molecule has 1 aromatic carbocycles. The molecule has 1 aromatic heterocycles. The van der Waals surface area contributed by atoms with Gasteiger partial charge in [0.2, 0.25) is 10.0 Å². The van der Waals surface area contributed by atoms with Gasteiger partial charge >= 0.3 is 0 Å². The van der Waals surface area contributed by atoms with Gasteiger partial charge in [0.15, 0.2) is 0 Å². The van der Waals surface area contributed by atoms with Crippen LogP contribution in [-0.4, -0.2) is 61.9 Å². The first-order valence-corrected chi connectivity index (χ1v) is 12.6. The lowest BCUT2D eigenvalue weighted by molar-refractivity contribution is -0.00188. The summed E-state index contributed by atoms with van der Waals surface area (Å²) < 4.78 is 26.2. The fraction of sp³-hybridized carbons (Fsp3) is 0.478. The Morgan fingerprint density at radius 1 is 1.09 bits per heavy atom. The highest BCUT2D eigenvalue weighted by molar-refractivity contribution is 7.92. The van der Waals surface area contributed by atoms with Crippen LogP contribution in [0.1, 0.15) is 41.3 Å². The minimum absolute atomic E-state index is 0.124. The number of benzene rings is 1. The summed E-state index contributed by atoms with van der Waals surface area (Å²) in [6.45, 7) is 7.20. The Kier molecular flexibility index (Phi) is 6.38. The first-order valence-electron chi connectivity index (χ1n) is 10.9. The molecular formula is C23H29N5O3S. The van der Waals surface area contributed by atoms with E-state index in [1.54, 1.807) is 18.2 Å². The fourth-order valence-corrected chi connectivity index (χ4v) is 6.15. The zero-order valence-electron chi connectivity index (χ0n) is 18.5. The Labute approximate surface area is 189 Å². The molecule has 2 aliphatic heterocycles. The average Bonchev–Trinajstić information content (AvgIpc) is 2.78. The summed E-state index contributed by atoms with van der Waals surface area (Å²) in [6.07, 6.45) is 2.40. The lowest BCUT2D eigenvalue weighted by Crippen LogP contribution is -2.48. The molecule has 0 saturated carbocycles. The van der Waals surface area contributed by atoms with Crippen molar-refractivity contribution in [3.8, 4) is 6.07 Å². The monoisotopic (exact) mass is 455 g/mol. The number of pyridine rings is 1. The van der Waals surface area contributed by atoms with Crippen LogP contribution in [0, 0.1) is 25.2 Å². The Balaban J connectivity index is 1.49. The van der Waals surface area contributed by atoms with Crippen molar-refractivity contribution in [2.24, 2.45) is 0 Å². The topological polar surface area (TPSA) is 101 Å². The van der Waals surface area contributed by atoms with Gasteiger partial charge in [-0.2, -0.15) is 5.26 Å². The number of sulfonamides is 1. The van der Waals surface area contributed by atoms with Crippen molar-refractivity contribution in [3.63, 3.8) is 0 Å². The summed E-state index contributed by atoms with van der Waals surface area (Å²) in [5.41, 5.74) is 3.56. The third-order valence-corrected chi connectivity index (χ3v) is 8.09. The van der Waals surface area contributed by atoms with Crippen LogP contribution in [-0.2, 0) is 10.0 Å². The van der Waals surface area contributed by atoms with Crippen molar-refractivity contribution in [2.45, 2.75) is 32.9 Å². The SMILES string of the molecule is Cc1cnc(N2CCN(C(O)c3ccc(N4CCCCS4(=O)=O)cc3C#N)CC2)c(C)c1. The predicted molar refractivity (Wildman–Crippen MR) is 124 cm³/mol. The quantitative estimate of drug-likeness (QED) is 0.755. The molecule has 8 nitrogen and oxygen atoms in total. The second-order valence-corrected chi connectivity index (χ2v) is 10.5. The van der Waals surface area contributed by atoms with E-state index in [2.05, 4.69) is 28.9 Å². The summed E-state index contributed by atoms with van der Waals surface area (Å²) in [5, 5.41) is 20.7. The molecule has 1 unspecified atom stereocenters. The number of nitrogens with zero attached hydrogens (tertiary/aromatic N) is 5. The van der Waals surface area contributed by atoms with E-state index in [0.29, 0.717) is 42.9 Å². The minimum Gasteiger partial charge on any atom is -0.374 e. The van der Waals surface area contributed by atoms with Crippen LogP contribution < -0.4 is 9.21 Å². The summed E-state index contributed by atoms with van der Waals surface area (Å²) in [7, 11) is -3.35. The van der Waals surface area contributed by atoms with Crippen LogP contribution in [0.25, 0.3) is 0 Å². The maximum absolute atomic E-state index is 12.4. The highest BCUT2D eigenvalue weighted by Crippen LogP contribution is 2.30. The highest BCUT2D eigenvalue weighted by Gasteiger charge is 2.29. The van der Waals surface area contributed by atoms with Gasteiger partial charge in [0, 0.05) is 44.5 Å². The van der Waals surface area contributed by atoms with Crippen molar-refractivity contribution in [1.29, 1.82) is 5.26 Å². The molecule has 170 valence electrons. The second kappa shape index (κ2) is 9.06. The molecular weight excluding hydrogens is 426 g/mol. The van der Waals surface area contributed by atoms with Gasteiger partial charge in [-0.1, -0.05) is 12.1 Å². The van der Waals surface area contributed by atoms with Gasteiger partial charge in [0.1, 0.15) is 12.0 Å². The zero-order valence-corrected chi connectivity index (χ0v) is 19.3. The molecule has 1 N–H and O–H groups in total. The summed E-state index contributed by atoms with van der Waals surface area (Å²) in [6, 6.07) is 9.21. The van der Waals surface area contributed by atoms with Crippen molar-refractivity contribution >= 4 is 21.5 Å². The van der Waals surface area contributed by atoms with E-state index >= 15 is 0 Å². The summed E-state index contributed by atoms with van der Waals surface area (Å²) in [5.74, 6) is 1.09. The Morgan fingerprint density at radius 3 is 2.50 bits per heavy atom. The van der Waals surface area contributed by atoms with Crippen LogP contribution in [0.5, 0.6) is 0 Å². The number of aromatic nitrogens is 1. The van der Waals surface area contributed by atoms with Gasteiger partial charge < -0.3 is 10.0 Å². The number of piperazine rings is 1. The maximum atomic E-state index is 12.4. The molecule has 2 saturated heterocycles. The van der Waals surface area contributed by atoms with E-state index in [1.165, 1.54) is 4.31 Å². The molecule has 0 radical (unpaired) electrons. The Morgan fingerprint density at radius 2 is 1.84 bits per heavy atom. The molecule has 3 heterocycles. The van der Waals surface area contributed by atoms with E-state index in [-0.39, 0.29) is 5.75 Å². The second-order valence-electron chi connectivity index (χ2n) is 8.53. The Bertz CT molecular complexity index is 1140. The van der Waals surface area contributed by atoms with Crippen LogP contribution in [0.2, 0.25) is 0 Å². The van der Waals surface area contributed by atoms with Gasteiger partial charge in [-0.25, -0.2) is 13.4 Å². The van der Waals surface area contributed by atoms with Gasteiger partial charge in [0.25, 0.3) is 0 Å². The maximum Gasteiger partial charge on any atom is 0.235 e. The molecule has 0 aliphatic carbocycles. The molecule has 32 heavy (non-hydrogen) atoms. The first kappa shape index (κ1) is 22.5. The number of nitriles is 1. The van der Waals surface area contributed by atoms with Gasteiger partial charge in [-0.15, -0.1) is 0 Å². The van der Waals surface area contributed by atoms with Gasteiger partial charge in [-0.05, 0) is 49.9 Å². The van der Waals surface area contributed by atoms with Crippen LogP contribution in [0.15, 0.2) is 30.5 Å². The zero-order chi connectivity index (χ0) is 22.9. The molecule has 2 aliphatic rings. The van der Waals surface area contributed by atoms with Crippen molar-refractivity contribution in [3.05, 3.63) is 52.7 Å². The van der Waals surface area contributed by atoms with Crippen LogP contribution >= 0.6 is 0 Å². The van der Waals surface area contributed by atoms with E-state index in [9.17, 15) is 18.8 Å². The van der Waals surface area contributed by atoms with Crippen molar-refractivity contribution in [2.75, 3.05) is 47.7 Å². The largest absolute Gasteiger partial charge is 0.374 e. The first-order chi connectivity index (χ1) is 15.3. The normalized spacial score (nSPS) is 20.1. The van der Waals surface area contributed by atoms with Gasteiger partial charge in [-0.3, -0.25) is 9.21 Å². The number of aliphatic hydroxyl groups excluding tert-OH is 1. The molecule has 0 bridgehead atoms. The third-order valence-electron chi connectivity index (χ3n) is 6.22. The summed E-state index contributed by atoms with van der Waals surface area (Å²) >= 11 is 0. The molecule has 9 heteroatoms. The minimum atomic E-state index is -3.35.